The molecule has 0 saturated carbocycles. The van der Waals surface area contributed by atoms with Gasteiger partial charge in [-0.25, -0.2) is 8.78 Å². The van der Waals surface area contributed by atoms with Crippen LogP contribution in [0.5, 0.6) is 5.75 Å². The van der Waals surface area contributed by atoms with Crippen LogP contribution in [0.15, 0.2) is 42.5 Å². The minimum atomic E-state index is -0.860. The summed E-state index contributed by atoms with van der Waals surface area (Å²) in [4.78, 5) is 0. The second-order valence-electron chi connectivity index (χ2n) is 4.53. The van der Waals surface area contributed by atoms with Gasteiger partial charge in [-0.2, -0.15) is 0 Å². The molecule has 0 aromatic heterocycles. The molecule has 1 unspecified atom stereocenters. The summed E-state index contributed by atoms with van der Waals surface area (Å²) in [7, 11) is 0. The highest BCUT2D eigenvalue weighted by atomic mass is 19.1. The fourth-order valence-electron chi connectivity index (χ4n) is 1.99. The summed E-state index contributed by atoms with van der Waals surface area (Å²) in [6, 6.07) is 9.87. The fraction of sp³-hybridized carbons (Fsp3) is 0.250. The Kier molecular flexibility index (Phi) is 4.69. The number of hydrogen-bond donors (Lipinski definition) is 1. The van der Waals surface area contributed by atoms with Gasteiger partial charge in [0.2, 0.25) is 0 Å². The molecule has 1 atom stereocenters. The monoisotopic (exact) mass is 277 g/mol. The van der Waals surface area contributed by atoms with Crippen LogP contribution >= 0.6 is 0 Å². The van der Waals surface area contributed by atoms with Crippen LogP contribution in [0.3, 0.4) is 0 Å². The van der Waals surface area contributed by atoms with E-state index in [2.05, 4.69) is 0 Å². The van der Waals surface area contributed by atoms with Gasteiger partial charge in [-0.15, -0.1) is 0 Å². The molecule has 0 aliphatic rings. The molecule has 2 N–H and O–H groups in total. The summed E-state index contributed by atoms with van der Waals surface area (Å²) in [5.74, 6) is -0.633. The Balaban J connectivity index is 2.31. The average molecular weight is 277 g/mol. The second-order valence-corrected chi connectivity index (χ2v) is 4.53. The second kappa shape index (κ2) is 6.48. The highest BCUT2D eigenvalue weighted by molar-refractivity contribution is 5.37. The molecule has 0 bridgehead atoms. The third-order valence-electron chi connectivity index (χ3n) is 3.00. The number of benzene rings is 2. The first-order valence-electron chi connectivity index (χ1n) is 6.55. The van der Waals surface area contributed by atoms with E-state index in [1.165, 1.54) is 18.2 Å². The van der Waals surface area contributed by atoms with Crippen molar-refractivity contribution >= 4 is 0 Å². The van der Waals surface area contributed by atoms with Gasteiger partial charge in [-0.3, -0.25) is 0 Å². The average Bonchev–Trinajstić information content (AvgIpc) is 2.45. The number of nitrogens with two attached hydrogens (primary N) is 1. The lowest BCUT2D eigenvalue weighted by atomic mass is 9.98. The largest absolute Gasteiger partial charge is 0.494 e. The zero-order valence-electron chi connectivity index (χ0n) is 11.3. The molecular formula is C16H17F2NO. The lowest BCUT2D eigenvalue weighted by Crippen LogP contribution is -2.15. The minimum Gasteiger partial charge on any atom is -0.494 e. The van der Waals surface area contributed by atoms with Crippen molar-refractivity contribution in [3.63, 3.8) is 0 Å². The molecule has 2 nitrogen and oxygen atoms in total. The molecule has 0 fully saturated rings. The third-order valence-corrected chi connectivity index (χ3v) is 3.00. The van der Waals surface area contributed by atoms with Crippen molar-refractivity contribution < 1.29 is 13.5 Å². The molecule has 4 heteroatoms. The van der Waals surface area contributed by atoms with Gasteiger partial charge in [0.05, 0.1) is 12.6 Å². The van der Waals surface area contributed by atoms with Gasteiger partial charge >= 0.3 is 0 Å². The molecule has 0 heterocycles. The Labute approximate surface area is 117 Å². The summed E-state index contributed by atoms with van der Waals surface area (Å²) in [5, 5.41) is 0. The minimum absolute atomic E-state index is 0.125. The predicted octanol–water partition coefficient (Wildman–Crippen LogP) is 3.80. The van der Waals surface area contributed by atoms with E-state index in [1.807, 2.05) is 6.92 Å². The maximum Gasteiger partial charge on any atom is 0.131 e. The van der Waals surface area contributed by atoms with Crippen molar-refractivity contribution in [1.29, 1.82) is 0 Å². The molecule has 2 rings (SSSR count). The van der Waals surface area contributed by atoms with Gasteiger partial charge < -0.3 is 10.5 Å². The lowest BCUT2D eigenvalue weighted by Gasteiger charge is -2.15. The molecule has 0 aliphatic carbocycles. The van der Waals surface area contributed by atoms with Gasteiger partial charge in [-0.05, 0) is 36.2 Å². The van der Waals surface area contributed by atoms with Crippen LogP contribution in [0.4, 0.5) is 8.78 Å². The molecule has 0 spiro atoms. The van der Waals surface area contributed by atoms with Gasteiger partial charge in [0.25, 0.3) is 0 Å². The number of rotatable bonds is 5. The first-order chi connectivity index (χ1) is 9.63. The van der Waals surface area contributed by atoms with Crippen molar-refractivity contribution in [2.75, 3.05) is 6.61 Å². The normalized spacial score (nSPS) is 12.2. The summed E-state index contributed by atoms with van der Waals surface area (Å²) in [5.41, 5.74) is 6.47. The van der Waals surface area contributed by atoms with Crippen LogP contribution in [0, 0.1) is 11.6 Å². The van der Waals surface area contributed by atoms with E-state index in [-0.39, 0.29) is 5.56 Å². The third kappa shape index (κ3) is 3.14. The Morgan fingerprint density at radius 2 is 1.75 bits per heavy atom. The highest BCUT2D eigenvalue weighted by Crippen LogP contribution is 2.27. The van der Waals surface area contributed by atoms with E-state index in [4.69, 9.17) is 10.5 Å². The molecule has 20 heavy (non-hydrogen) atoms. The quantitative estimate of drug-likeness (QED) is 0.902. The first kappa shape index (κ1) is 14.5. The van der Waals surface area contributed by atoms with Crippen molar-refractivity contribution in [1.82, 2.24) is 0 Å². The van der Waals surface area contributed by atoms with Crippen LogP contribution < -0.4 is 10.5 Å². The van der Waals surface area contributed by atoms with Gasteiger partial charge in [0, 0.05) is 5.56 Å². The van der Waals surface area contributed by atoms with Crippen LogP contribution in [-0.4, -0.2) is 6.61 Å². The van der Waals surface area contributed by atoms with E-state index in [0.717, 1.165) is 6.42 Å². The van der Waals surface area contributed by atoms with Crippen molar-refractivity contribution in [3.8, 4) is 5.75 Å². The smallest absolute Gasteiger partial charge is 0.131 e. The zero-order chi connectivity index (χ0) is 14.5. The van der Waals surface area contributed by atoms with E-state index < -0.39 is 17.7 Å². The number of ether oxygens (including phenoxy) is 1. The maximum atomic E-state index is 13.7. The number of hydrogen-bond acceptors (Lipinski definition) is 2. The van der Waals surface area contributed by atoms with Gasteiger partial charge in [-0.1, -0.05) is 25.1 Å². The summed E-state index contributed by atoms with van der Waals surface area (Å²) >= 11 is 0. The Bertz CT molecular complexity index is 566. The molecule has 0 saturated heterocycles. The van der Waals surface area contributed by atoms with Crippen molar-refractivity contribution in [2.24, 2.45) is 5.73 Å². The number of halogens is 2. The van der Waals surface area contributed by atoms with E-state index in [0.29, 0.717) is 17.9 Å². The van der Waals surface area contributed by atoms with Gasteiger partial charge in [0.1, 0.15) is 17.4 Å². The summed E-state index contributed by atoms with van der Waals surface area (Å²) in [6.07, 6.45) is 0.887. The summed E-state index contributed by atoms with van der Waals surface area (Å²) in [6.45, 7) is 2.59. The molecule has 2 aromatic rings. The molecule has 0 amide bonds. The topological polar surface area (TPSA) is 35.2 Å². The fourth-order valence-corrected chi connectivity index (χ4v) is 1.99. The van der Waals surface area contributed by atoms with Crippen molar-refractivity contribution in [2.45, 2.75) is 19.4 Å². The van der Waals surface area contributed by atoms with Crippen molar-refractivity contribution in [3.05, 3.63) is 65.2 Å². The Morgan fingerprint density at radius 3 is 2.40 bits per heavy atom. The van der Waals surface area contributed by atoms with Crippen LogP contribution in [-0.2, 0) is 0 Å². The van der Waals surface area contributed by atoms with E-state index >= 15 is 0 Å². The zero-order valence-corrected chi connectivity index (χ0v) is 11.3. The van der Waals surface area contributed by atoms with E-state index in [1.54, 1.807) is 24.3 Å². The first-order valence-corrected chi connectivity index (χ1v) is 6.55. The van der Waals surface area contributed by atoms with Crippen LogP contribution in [0.1, 0.15) is 30.5 Å². The molecule has 0 aliphatic heterocycles. The Hall–Kier alpha value is -1.94. The lowest BCUT2D eigenvalue weighted by molar-refractivity contribution is 0.317. The predicted molar refractivity (Wildman–Crippen MR) is 74.6 cm³/mol. The molecule has 0 radical (unpaired) electrons. The molecule has 2 aromatic carbocycles. The SMILES string of the molecule is CCCOc1cccc(C(N)c2c(F)cccc2F)c1. The van der Waals surface area contributed by atoms with E-state index in [9.17, 15) is 8.78 Å². The highest BCUT2D eigenvalue weighted by Gasteiger charge is 2.18. The maximum absolute atomic E-state index is 13.7. The Morgan fingerprint density at radius 1 is 1.10 bits per heavy atom. The van der Waals surface area contributed by atoms with Gasteiger partial charge in [0.15, 0.2) is 0 Å². The molecular weight excluding hydrogens is 260 g/mol. The molecule has 106 valence electrons. The van der Waals surface area contributed by atoms with Crippen LogP contribution in [0.2, 0.25) is 0 Å². The summed E-state index contributed by atoms with van der Waals surface area (Å²) < 4.78 is 33.0. The van der Waals surface area contributed by atoms with Crippen LogP contribution in [0.25, 0.3) is 0 Å². The standard InChI is InChI=1S/C16H17F2NO/c1-2-9-20-12-6-3-5-11(10-12)16(19)15-13(17)7-4-8-14(15)18/h3-8,10,16H,2,9,19H2,1H3.